The highest BCUT2D eigenvalue weighted by Crippen LogP contribution is 2.38. The van der Waals surface area contributed by atoms with Gasteiger partial charge in [-0.2, -0.15) is 0 Å². The van der Waals surface area contributed by atoms with Gasteiger partial charge in [-0.25, -0.2) is 4.79 Å². The van der Waals surface area contributed by atoms with Crippen molar-refractivity contribution >= 4 is 53.1 Å². The molecule has 5 nitrogen and oxygen atoms in total. The first kappa shape index (κ1) is 18.3. The molecule has 140 valence electrons. The van der Waals surface area contributed by atoms with E-state index < -0.39 is 5.97 Å². The normalized spacial score (nSPS) is 13.8. The molecule has 1 aliphatic rings. The fourth-order valence-corrected chi connectivity index (χ4v) is 4.50. The smallest absolute Gasteiger partial charge is 0.335 e. The molecule has 1 aliphatic heterocycles. The van der Waals surface area contributed by atoms with Crippen LogP contribution >= 0.6 is 23.6 Å². The summed E-state index contributed by atoms with van der Waals surface area (Å²) >= 11 is 6.68. The van der Waals surface area contributed by atoms with Crippen LogP contribution in [0.4, 0.5) is 5.69 Å². The highest BCUT2D eigenvalue weighted by molar-refractivity contribution is 7.73. The quantitative estimate of drug-likeness (QED) is 0.560. The van der Waals surface area contributed by atoms with E-state index in [2.05, 4.69) is 18.0 Å². The molecule has 7 heteroatoms. The Hall–Kier alpha value is -3.03. The first-order valence-electron chi connectivity index (χ1n) is 8.66. The fraction of sp³-hybridized carbons (Fsp3) is 0.0952. The number of carboxylic acids is 1. The Morgan fingerprint density at radius 3 is 2.82 bits per heavy atom. The lowest BCUT2D eigenvalue weighted by Crippen LogP contribution is -1.99. The molecule has 2 heterocycles. The average molecular weight is 409 g/mol. The summed E-state index contributed by atoms with van der Waals surface area (Å²) in [6.45, 7) is 2.09. The monoisotopic (exact) mass is 408 g/mol. The lowest BCUT2D eigenvalue weighted by molar-refractivity contribution is 0.0697. The van der Waals surface area contributed by atoms with Crippen LogP contribution in [0.1, 0.15) is 33.3 Å². The van der Waals surface area contributed by atoms with Crippen molar-refractivity contribution in [1.29, 1.82) is 0 Å². The van der Waals surface area contributed by atoms with Crippen LogP contribution in [0, 0.1) is 3.95 Å². The molecule has 0 saturated heterocycles. The maximum absolute atomic E-state index is 11.2. The second-order valence-corrected chi connectivity index (χ2v) is 7.95. The molecule has 0 bridgehead atoms. The van der Waals surface area contributed by atoms with Crippen molar-refractivity contribution in [2.75, 3.05) is 0 Å². The molecule has 3 aromatic rings. The van der Waals surface area contributed by atoms with E-state index in [-0.39, 0.29) is 11.4 Å². The molecule has 0 atom stereocenters. The third kappa shape index (κ3) is 3.08. The molecule has 0 fully saturated rings. The fourth-order valence-electron chi connectivity index (χ4n) is 3.20. The number of aromatic nitrogens is 1. The largest absolute Gasteiger partial charge is 0.493 e. The SMILES string of the molecule is CCc1cccc2c1N=C/C2=C/c1sc(=S)n(-c2cccc(C(=O)O)c2)c1O. The van der Waals surface area contributed by atoms with Crippen LogP contribution in [-0.4, -0.2) is 27.0 Å². The van der Waals surface area contributed by atoms with Gasteiger partial charge in [0.25, 0.3) is 0 Å². The maximum atomic E-state index is 11.2. The van der Waals surface area contributed by atoms with Crippen LogP contribution in [0.15, 0.2) is 47.5 Å². The Bertz CT molecular complexity index is 1220. The molecule has 0 unspecified atom stereocenters. The van der Waals surface area contributed by atoms with Gasteiger partial charge in [-0.3, -0.25) is 9.56 Å². The zero-order valence-corrected chi connectivity index (χ0v) is 16.5. The molecule has 0 amide bonds. The van der Waals surface area contributed by atoms with E-state index in [0.717, 1.165) is 23.2 Å². The highest BCUT2D eigenvalue weighted by atomic mass is 32.1. The van der Waals surface area contributed by atoms with Crippen molar-refractivity contribution in [3.05, 3.63) is 68.0 Å². The lowest BCUT2D eigenvalue weighted by atomic mass is 10.0. The Morgan fingerprint density at radius 1 is 1.29 bits per heavy atom. The van der Waals surface area contributed by atoms with Gasteiger partial charge in [0.1, 0.15) is 0 Å². The van der Waals surface area contributed by atoms with Crippen LogP contribution < -0.4 is 0 Å². The Kier molecular flexibility index (Phi) is 4.70. The van der Waals surface area contributed by atoms with E-state index >= 15 is 0 Å². The van der Waals surface area contributed by atoms with Crippen molar-refractivity contribution in [3.63, 3.8) is 0 Å². The number of rotatable bonds is 4. The summed E-state index contributed by atoms with van der Waals surface area (Å²) in [5.74, 6) is -1.05. The molecule has 1 aromatic heterocycles. The standard InChI is InChI=1S/C21H16N2O3S2/c1-2-12-5-4-8-16-14(11-22-18(12)16)10-17-19(24)23(21(27)28-17)15-7-3-6-13(9-15)20(25)26/h3-11,24H,2H2,1H3,(H,25,26)/b14-10-. The lowest BCUT2D eigenvalue weighted by Gasteiger charge is -2.06. The third-order valence-electron chi connectivity index (χ3n) is 4.59. The van der Waals surface area contributed by atoms with Crippen LogP contribution in [0.5, 0.6) is 5.88 Å². The molecule has 28 heavy (non-hydrogen) atoms. The molecule has 0 saturated carbocycles. The zero-order chi connectivity index (χ0) is 19.8. The van der Waals surface area contributed by atoms with Crippen molar-refractivity contribution in [1.82, 2.24) is 4.57 Å². The van der Waals surface area contributed by atoms with E-state index in [0.29, 0.717) is 14.5 Å². The number of carbonyl (C=O) groups is 1. The topological polar surface area (TPSA) is 74.8 Å². The van der Waals surface area contributed by atoms with Gasteiger partial charge in [0, 0.05) is 17.4 Å². The van der Waals surface area contributed by atoms with Gasteiger partial charge >= 0.3 is 5.97 Å². The van der Waals surface area contributed by atoms with Crippen LogP contribution in [-0.2, 0) is 6.42 Å². The summed E-state index contributed by atoms with van der Waals surface area (Å²) < 4.78 is 1.92. The van der Waals surface area contributed by atoms with Crippen LogP contribution in [0.2, 0.25) is 0 Å². The van der Waals surface area contributed by atoms with Crippen molar-refractivity contribution < 1.29 is 15.0 Å². The van der Waals surface area contributed by atoms with E-state index in [1.165, 1.54) is 33.6 Å². The number of fused-ring (bicyclic) bond motifs is 1. The predicted molar refractivity (Wildman–Crippen MR) is 115 cm³/mol. The minimum absolute atomic E-state index is 0.0152. The molecule has 0 radical (unpaired) electrons. The minimum Gasteiger partial charge on any atom is -0.493 e. The summed E-state index contributed by atoms with van der Waals surface area (Å²) in [6, 6.07) is 12.4. The number of benzene rings is 2. The van der Waals surface area contributed by atoms with Gasteiger partial charge in [0.15, 0.2) is 3.95 Å². The van der Waals surface area contributed by atoms with E-state index in [1.54, 1.807) is 18.3 Å². The van der Waals surface area contributed by atoms with E-state index in [1.807, 2.05) is 18.2 Å². The Morgan fingerprint density at radius 2 is 2.07 bits per heavy atom. The number of hydrogen-bond acceptors (Lipinski definition) is 5. The van der Waals surface area contributed by atoms with Crippen molar-refractivity contribution in [2.45, 2.75) is 13.3 Å². The number of aromatic hydroxyl groups is 1. The summed E-state index contributed by atoms with van der Waals surface area (Å²) in [5, 5.41) is 20.0. The number of carboxylic acid groups (broad SMARTS) is 1. The predicted octanol–water partition coefficient (Wildman–Crippen LogP) is 5.49. The van der Waals surface area contributed by atoms with Crippen molar-refractivity contribution in [2.24, 2.45) is 4.99 Å². The second kappa shape index (κ2) is 7.18. The molecule has 2 aromatic carbocycles. The van der Waals surface area contributed by atoms with Gasteiger partial charge in [0.2, 0.25) is 5.88 Å². The number of nitrogens with zero attached hydrogens (tertiary/aromatic N) is 2. The minimum atomic E-state index is -1.03. The molecular formula is C21H16N2O3S2. The van der Waals surface area contributed by atoms with Crippen LogP contribution in [0.25, 0.3) is 17.3 Å². The van der Waals surface area contributed by atoms with Gasteiger partial charge in [-0.1, -0.05) is 31.2 Å². The molecule has 2 N–H and O–H groups in total. The van der Waals surface area contributed by atoms with Crippen molar-refractivity contribution in [3.8, 4) is 11.6 Å². The third-order valence-corrected chi connectivity index (χ3v) is 5.90. The summed E-state index contributed by atoms with van der Waals surface area (Å²) in [5.41, 5.74) is 4.72. The van der Waals surface area contributed by atoms with Gasteiger partial charge in [-0.15, -0.1) is 11.3 Å². The summed E-state index contributed by atoms with van der Waals surface area (Å²) in [4.78, 5) is 16.4. The van der Waals surface area contributed by atoms with Gasteiger partial charge in [-0.05, 0) is 48.5 Å². The number of aromatic carboxylic acids is 1. The number of hydrogen-bond donors (Lipinski definition) is 2. The number of aliphatic imine (C=N–C) groups is 1. The van der Waals surface area contributed by atoms with Crippen LogP contribution in [0.3, 0.4) is 0 Å². The highest BCUT2D eigenvalue weighted by Gasteiger charge is 2.18. The number of allylic oxidation sites excluding steroid dienone is 1. The molecule has 0 spiro atoms. The molecular weight excluding hydrogens is 392 g/mol. The first-order chi connectivity index (χ1) is 13.5. The molecule has 4 rings (SSSR count). The maximum Gasteiger partial charge on any atom is 0.335 e. The number of para-hydroxylation sites is 1. The zero-order valence-electron chi connectivity index (χ0n) is 14.9. The molecule has 0 aliphatic carbocycles. The van der Waals surface area contributed by atoms with Gasteiger partial charge in [0.05, 0.1) is 21.8 Å². The number of aryl methyl sites for hydroxylation is 1. The summed E-state index contributed by atoms with van der Waals surface area (Å²) in [6.07, 6.45) is 4.55. The Labute approximate surface area is 170 Å². The second-order valence-electron chi connectivity index (χ2n) is 6.27. The van der Waals surface area contributed by atoms with Gasteiger partial charge < -0.3 is 10.2 Å². The number of thiazole rings is 1. The average Bonchev–Trinajstić information content (AvgIpc) is 3.22. The first-order valence-corrected chi connectivity index (χ1v) is 9.88. The summed E-state index contributed by atoms with van der Waals surface area (Å²) in [7, 11) is 0. The van der Waals surface area contributed by atoms with E-state index in [4.69, 9.17) is 12.2 Å². The van der Waals surface area contributed by atoms with E-state index in [9.17, 15) is 15.0 Å². The Balaban J connectivity index is 1.80.